The molecule has 0 spiro atoms. The van der Waals surface area contributed by atoms with Crippen molar-refractivity contribution in [3.05, 3.63) is 59.2 Å². The number of nitrogens with zero attached hydrogens (tertiary/aromatic N) is 1. The lowest BCUT2D eigenvalue weighted by Crippen LogP contribution is -2.33. The average molecular weight is 433 g/mol. The van der Waals surface area contributed by atoms with Crippen LogP contribution in [0.15, 0.2) is 42.5 Å². The first-order chi connectivity index (χ1) is 14.2. The van der Waals surface area contributed by atoms with Crippen LogP contribution in [0.3, 0.4) is 0 Å². The first-order valence-corrected chi connectivity index (χ1v) is 12.1. The summed E-state index contributed by atoms with van der Waals surface area (Å²) >= 11 is 0. The van der Waals surface area contributed by atoms with Crippen LogP contribution in [0, 0.1) is 13.8 Å². The molecule has 2 aromatic rings. The second-order valence-electron chi connectivity index (χ2n) is 7.37. The van der Waals surface area contributed by atoms with Gasteiger partial charge in [-0.3, -0.25) is 9.10 Å². The molecule has 0 saturated heterocycles. The third kappa shape index (κ3) is 7.06. The van der Waals surface area contributed by atoms with E-state index in [4.69, 9.17) is 4.74 Å². The summed E-state index contributed by atoms with van der Waals surface area (Å²) < 4.78 is 31.6. The number of amides is 1. The average Bonchev–Trinajstić information content (AvgIpc) is 2.70. The molecule has 0 aliphatic heterocycles. The number of benzene rings is 2. The lowest BCUT2D eigenvalue weighted by Gasteiger charge is -2.24. The van der Waals surface area contributed by atoms with Gasteiger partial charge in [0.25, 0.3) is 0 Å². The molecule has 0 aliphatic carbocycles. The quantitative estimate of drug-likeness (QED) is 0.551. The first-order valence-electron chi connectivity index (χ1n) is 10.2. The molecule has 7 heteroatoms. The van der Waals surface area contributed by atoms with Crippen LogP contribution >= 0.6 is 0 Å². The molecule has 0 bridgehead atoms. The zero-order valence-corrected chi connectivity index (χ0v) is 19.1. The van der Waals surface area contributed by atoms with Crippen molar-refractivity contribution in [1.82, 2.24) is 5.32 Å². The van der Waals surface area contributed by atoms with Gasteiger partial charge in [0.2, 0.25) is 15.9 Å². The van der Waals surface area contributed by atoms with Crippen LogP contribution in [-0.4, -0.2) is 40.3 Å². The van der Waals surface area contributed by atoms with E-state index in [9.17, 15) is 13.2 Å². The highest BCUT2D eigenvalue weighted by atomic mass is 32.2. The van der Waals surface area contributed by atoms with E-state index in [-0.39, 0.29) is 18.9 Å². The highest BCUT2D eigenvalue weighted by molar-refractivity contribution is 7.92. The number of para-hydroxylation sites is 1. The Kier molecular flexibility index (Phi) is 8.72. The van der Waals surface area contributed by atoms with Gasteiger partial charge in [-0.1, -0.05) is 31.2 Å². The maximum atomic E-state index is 12.3. The highest BCUT2D eigenvalue weighted by Crippen LogP contribution is 2.23. The Hall–Kier alpha value is -2.54. The van der Waals surface area contributed by atoms with Crippen molar-refractivity contribution in [1.29, 1.82) is 0 Å². The molecule has 0 atom stereocenters. The van der Waals surface area contributed by atoms with Gasteiger partial charge >= 0.3 is 0 Å². The van der Waals surface area contributed by atoms with Gasteiger partial charge in [-0.15, -0.1) is 0 Å². The molecular weight excluding hydrogens is 400 g/mol. The van der Waals surface area contributed by atoms with Crippen molar-refractivity contribution < 1.29 is 17.9 Å². The fraction of sp³-hybridized carbons (Fsp3) is 0.435. The maximum absolute atomic E-state index is 12.3. The molecule has 0 unspecified atom stereocenters. The minimum Gasteiger partial charge on any atom is -0.492 e. The molecule has 2 aromatic carbocycles. The Morgan fingerprint density at radius 3 is 2.50 bits per heavy atom. The fourth-order valence-corrected chi connectivity index (χ4v) is 4.15. The van der Waals surface area contributed by atoms with E-state index in [1.54, 1.807) is 0 Å². The minimum absolute atomic E-state index is 0.115. The van der Waals surface area contributed by atoms with Gasteiger partial charge in [0.05, 0.1) is 18.5 Å². The zero-order valence-electron chi connectivity index (χ0n) is 18.3. The molecular formula is C23H32N2O4S. The van der Waals surface area contributed by atoms with Gasteiger partial charge in [0.1, 0.15) is 12.4 Å². The van der Waals surface area contributed by atoms with E-state index in [1.165, 1.54) is 16.1 Å². The number of carbonyl (C=O) groups is 1. The summed E-state index contributed by atoms with van der Waals surface area (Å²) in [5.74, 6) is 0.668. The van der Waals surface area contributed by atoms with Gasteiger partial charge in [0, 0.05) is 13.0 Å². The van der Waals surface area contributed by atoms with Gasteiger partial charge in [-0.2, -0.15) is 0 Å². The lowest BCUT2D eigenvalue weighted by atomic mass is 10.1. The number of anilines is 1. The van der Waals surface area contributed by atoms with E-state index < -0.39 is 10.0 Å². The Labute approximate surface area is 180 Å². The lowest BCUT2D eigenvalue weighted by molar-refractivity contribution is -0.121. The summed E-state index contributed by atoms with van der Waals surface area (Å²) in [7, 11) is -3.43. The van der Waals surface area contributed by atoms with Crippen molar-refractivity contribution in [3.63, 3.8) is 0 Å². The number of sulfonamides is 1. The predicted octanol–water partition coefficient (Wildman–Crippen LogP) is 3.61. The second-order valence-corrected chi connectivity index (χ2v) is 9.27. The van der Waals surface area contributed by atoms with Crippen LogP contribution in [0.2, 0.25) is 0 Å². The van der Waals surface area contributed by atoms with Crippen LogP contribution in [0.4, 0.5) is 5.69 Å². The fourth-order valence-electron chi connectivity index (χ4n) is 3.15. The zero-order chi connectivity index (χ0) is 22.1. The molecule has 1 N–H and O–H groups in total. The van der Waals surface area contributed by atoms with Crippen molar-refractivity contribution in [2.45, 2.75) is 40.0 Å². The normalized spacial score (nSPS) is 11.2. The minimum atomic E-state index is -3.43. The van der Waals surface area contributed by atoms with E-state index in [1.807, 2.05) is 63.2 Å². The Balaban J connectivity index is 1.79. The van der Waals surface area contributed by atoms with Crippen LogP contribution in [0.5, 0.6) is 5.75 Å². The second kappa shape index (κ2) is 11.0. The Morgan fingerprint density at radius 2 is 1.83 bits per heavy atom. The standard InChI is InChI=1S/C23H32N2O4S/c1-5-20-9-6-7-10-22(20)25(30(4,27)28)15-8-11-23(26)24-14-16-29-21-13-12-18(2)19(3)17-21/h6-7,9-10,12-13,17H,5,8,11,14-16H2,1-4H3,(H,24,26). The number of rotatable bonds is 11. The molecule has 6 nitrogen and oxygen atoms in total. The van der Waals surface area contributed by atoms with Crippen LogP contribution in [0.1, 0.15) is 36.5 Å². The third-order valence-corrected chi connectivity index (χ3v) is 6.16. The number of aryl methyl sites for hydroxylation is 3. The van der Waals surface area contributed by atoms with Crippen molar-refractivity contribution in [2.24, 2.45) is 0 Å². The smallest absolute Gasteiger partial charge is 0.232 e. The van der Waals surface area contributed by atoms with Crippen LogP contribution in [0.25, 0.3) is 0 Å². The van der Waals surface area contributed by atoms with Gasteiger partial charge in [-0.05, 0) is 61.6 Å². The third-order valence-electron chi connectivity index (χ3n) is 4.98. The van der Waals surface area contributed by atoms with Crippen LogP contribution in [-0.2, 0) is 21.2 Å². The van der Waals surface area contributed by atoms with Crippen molar-refractivity contribution >= 4 is 21.6 Å². The first kappa shape index (κ1) is 23.7. The summed E-state index contributed by atoms with van der Waals surface area (Å²) in [5, 5.41) is 2.82. The summed E-state index contributed by atoms with van der Waals surface area (Å²) in [6, 6.07) is 13.4. The van der Waals surface area contributed by atoms with E-state index in [0.717, 1.165) is 23.3 Å². The molecule has 0 fully saturated rings. The molecule has 2 rings (SSSR count). The SMILES string of the molecule is CCc1ccccc1N(CCCC(=O)NCCOc1ccc(C)c(C)c1)S(C)(=O)=O. The Morgan fingerprint density at radius 1 is 1.10 bits per heavy atom. The molecule has 0 aromatic heterocycles. The Bertz CT molecular complexity index is 957. The van der Waals surface area contributed by atoms with E-state index >= 15 is 0 Å². The molecule has 0 heterocycles. The summed E-state index contributed by atoms with van der Waals surface area (Å²) in [6.45, 7) is 7.12. The number of hydrogen-bond acceptors (Lipinski definition) is 4. The molecule has 0 radical (unpaired) electrons. The van der Waals surface area contributed by atoms with Gasteiger partial charge in [0.15, 0.2) is 0 Å². The maximum Gasteiger partial charge on any atom is 0.232 e. The number of ether oxygens (including phenoxy) is 1. The number of carbonyl (C=O) groups excluding carboxylic acids is 1. The molecule has 0 saturated carbocycles. The van der Waals surface area contributed by atoms with Crippen LogP contribution < -0.4 is 14.4 Å². The van der Waals surface area contributed by atoms with Crippen molar-refractivity contribution in [2.75, 3.05) is 30.3 Å². The summed E-state index contributed by atoms with van der Waals surface area (Å²) in [5.41, 5.74) is 4.03. The molecule has 30 heavy (non-hydrogen) atoms. The number of nitrogens with one attached hydrogen (secondary N) is 1. The molecule has 1 amide bonds. The van der Waals surface area contributed by atoms with Gasteiger partial charge in [-0.25, -0.2) is 8.42 Å². The largest absolute Gasteiger partial charge is 0.492 e. The molecule has 164 valence electrons. The molecule has 0 aliphatic rings. The van der Waals surface area contributed by atoms with Gasteiger partial charge < -0.3 is 10.1 Å². The monoisotopic (exact) mass is 432 g/mol. The summed E-state index contributed by atoms with van der Waals surface area (Å²) in [6.07, 6.45) is 2.63. The van der Waals surface area contributed by atoms with E-state index in [2.05, 4.69) is 5.32 Å². The highest BCUT2D eigenvalue weighted by Gasteiger charge is 2.19. The topological polar surface area (TPSA) is 75.7 Å². The predicted molar refractivity (Wildman–Crippen MR) is 122 cm³/mol. The van der Waals surface area contributed by atoms with Crippen molar-refractivity contribution in [3.8, 4) is 5.75 Å². The van der Waals surface area contributed by atoms with E-state index in [0.29, 0.717) is 25.3 Å². The number of hydrogen-bond donors (Lipinski definition) is 1. The summed E-state index contributed by atoms with van der Waals surface area (Å²) in [4.78, 5) is 12.1.